The summed E-state index contributed by atoms with van der Waals surface area (Å²) in [5, 5.41) is 10.4. The molecule has 1 amide bonds. The van der Waals surface area contributed by atoms with Gasteiger partial charge in [-0.3, -0.25) is 28.8 Å². The van der Waals surface area contributed by atoms with Crippen molar-refractivity contribution in [2.24, 2.45) is 0 Å². The van der Waals surface area contributed by atoms with Crippen molar-refractivity contribution in [1.29, 1.82) is 0 Å². The van der Waals surface area contributed by atoms with E-state index in [-0.39, 0.29) is 5.69 Å². The predicted molar refractivity (Wildman–Crippen MR) is 157 cm³/mol. The molecule has 1 aromatic heterocycles. The molecule has 3 rings (SSSR count). The van der Waals surface area contributed by atoms with Gasteiger partial charge in [-0.15, -0.1) is 5.10 Å². The molecule has 10 atom stereocenters. The van der Waals surface area contributed by atoms with Crippen molar-refractivity contribution < 1.29 is 80.9 Å². The summed E-state index contributed by atoms with van der Waals surface area (Å²) in [6.45, 7) is 5.66. The van der Waals surface area contributed by atoms with Crippen molar-refractivity contribution in [3.05, 3.63) is 11.9 Å². The van der Waals surface area contributed by atoms with Crippen LogP contribution in [0.1, 0.15) is 58.1 Å². The maximum atomic E-state index is 12.6. The second-order valence-corrected chi connectivity index (χ2v) is 11.0. The fourth-order valence-electron chi connectivity index (χ4n) is 5.39. The van der Waals surface area contributed by atoms with E-state index in [1.807, 2.05) is 0 Å². The van der Waals surface area contributed by atoms with Crippen LogP contribution in [0.15, 0.2) is 6.20 Å². The fraction of sp³-hybridized carbons (Fsp3) is 0.690. The van der Waals surface area contributed by atoms with Gasteiger partial charge in [0.15, 0.2) is 36.6 Å². The van der Waals surface area contributed by atoms with Crippen molar-refractivity contribution in [3.63, 3.8) is 0 Å². The van der Waals surface area contributed by atoms with Crippen LogP contribution in [-0.4, -0.2) is 139 Å². The summed E-state index contributed by atoms with van der Waals surface area (Å²) < 4.78 is 57.0. The highest BCUT2D eigenvalue weighted by molar-refractivity contribution is 5.86. The molecule has 0 radical (unpaired) electrons. The van der Waals surface area contributed by atoms with Gasteiger partial charge in [0, 0.05) is 48.7 Å². The number of carbonyl (C=O) groups excluding carboxylic acids is 7. The molecule has 0 saturated carbocycles. The Kier molecular flexibility index (Phi) is 14.1. The third-order valence-electron chi connectivity index (χ3n) is 7.17. The minimum atomic E-state index is -1.73. The van der Waals surface area contributed by atoms with Gasteiger partial charge in [0.1, 0.15) is 43.6 Å². The molecule has 2 saturated heterocycles. The minimum absolute atomic E-state index is 0.281. The van der Waals surface area contributed by atoms with E-state index in [4.69, 9.17) is 47.4 Å². The Morgan fingerprint density at radius 1 is 0.720 bits per heavy atom. The summed E-state index contributed by atoms with van der Waals surface area (Å²) in [4.78, 5) is 85.6. The first kappa shape index (κ1) is 39.7. The lowest BCUT2D eigenvalue weighted by atomic mass is 9.93. The van der Waals surface area contributed by atoms with Crippen LogP contribution in [0.5, 0.6) is 0 Å². The Hall–Kier alpha value is -4.73. The van der Waals surface area contributed by atoms with Crippen LogP contribution < -0.4 is 5.32 Å². The average molecular weight is 717 g/mol. The Bertz CT molecular complexity index is 1420. The first-order valence-corrected chi connectivity index (χ1v) is 15.1. The zero-order chi connectivity index (χ0) is 37.3. The zero-order valence-corrected chi connectivity index (χ0v) is 28.5. The molecule has 21 nitrogen and oxygen atoms in total. The average Bonchev–Trinajstić information content (AvgIpc) is 3.51. The molecule has 21 heteroatoms. The molecule has 1 N–H and O–H groups in total. The molecule has 0 aromatic carbocycles. The lowest BCUT2D eigenvalue weighted by molar-refractivity contribution is -0.342. The highest BCUT2D eigenvalue weighted by Crippen LogP contribution is 2.38. The number of amides is 1. The molecule has 1 aromatic rings. The largest absolute Gasteiger partial charge is 0.464 e. The fourth-order valence-corrected chi connectivity index (χ4v) is 5.39. The summed E-state index contributed by atoms with van der Waals surface area (Å²) in [6, 6.07) is -2.61. The molecule has 50 heavy (non-hydrogen) atoms. The molecule has 3 heterocycles. The maximum Gasteiger partial charge on any atom is 0.360 e. The van der Waals surface area contributed by atoms with E-state index < -0.39 is 116 Å². The zero-order valence-electron chi connectivity index (χ0n) is 28.5. The van der Waals surface area contributed by atoms with Gasteiger partial charge in [0.05, 0.1) is 13.3 Å². The van der Waals surface area contributed by atoms with Crippen molar-refractivity contribution in [2.45, 2.75) is 103 Å². The van der Waals surface area contributed by atoms with Crippen LogP contribution >= 0.6 is 0 Å². The summed E-state index contributed by atoms with van der Waals surface area (Å²) in [5.41, 5.74) is -0.281. The SMILES string of the molecule is COC(=O)c1cn([C@H]2[C@@H](OC(C)=O)[C@@H](COC(C)=O)O[C@@H](O[C@H]3[C@H](OC(C)=O)[C@@H](NC(C)=O)[C@H](OC)O[C@@H]3COC(C)=O)[C@@H]2OC(C)=O)nn1. The summed E-state index contributed by atoms with van der Waals surface area (Å²) in [6.07, 6.45) is -10.5. The van der Waals surface area contributed by atoms with Crippen molar-refractivity contribution in [2.75, 3.05) is 27.4 Å². The number of methoxy groups -OCH3 is 2. The van der Waals surface area contributed by atoms with E-state index >= 15 is 0 Å². The molecule has 2 fully saturated rings. The number of nitrogens with one attached hydrogen (secondary N) is 1. The molecule has 2 aliphatic rings. The second-order valence-electron chi connectivity index (χ2n) is 11.0. The summed E-state index contributed by atoms with van der Waals surface area (Å²) >= 11 is 0. The normalized spacial score (nSPS) is 29.1. The molecule has 0 spiro atoms. The number of rotatable bonds is 13. The van der Waals surface area contributed by atoms with Gasteiger partial charge in [0.25, 0.3) is 0 Å². The van der Waals surface area contributed by atoms with Gasteiger partial charge < -0.3 is 52.7 Å². The van der Waals surface area contributed by atoms with Crippen LogP contribution in [0.3, 0.4) is 0 Å². The Labute approximate surface area is 285 Å². The molecule has 278 valence electrons. The topological polar surface area (TPSA) is 255 Å². The van der Waals surface area contributed by atoms with Gasteiger partial charge in [0.2, 0.25) is 5.91 Å². The van der Waals surface area contributed by atoms with E-state index in [2.05, 4.69) is 15.6 Å². The van der Waals surface area contributed by atoms with Crippen LogP contribution in [-0.2, 0) is 76.1 Å². The third kappa shape index (κ3) is 10.4. The number of esters is 6. The van der Waals surface area contributed by atoms with Crippen molar-refractivity contribution in [1.82, 2.24) is 20.3 Å². The van der Waals surface area contributed by atoms with Crippen LogP contribution in [0.4, 0.5) is 0 Å². The van der Waals surface area contributed by atoms with Gasteiger partial charge >= 0.3 is 35.8 Å². The van der Waals surface area contributed by atoms with E-state index in [9.17, 15) is 33.6 Å². The third-order valence-corrected chi connectivity index (χ3v) is 7.17. The Morgan fingerprint density at radius 3 is 1.74 bits per heavy atom. The van der Waals surface area contributed by atoms with Crippen LogP contribution in [0.2, 0.25) is 0 Å². The van der Waals surface area contributed by atoms with E-state index in [1.54, 1.807) is 0 Å². The maximum absolute atomic E-state index is 12.6. The number of ether oxygens (including phenoxy) is 10. The van der Waals surface area contributed by atoms with Gasteiger partial charge in [-0.1, -0.05) is 5.21 Å². The van der Waals surface area contributed by atoms with E-state index in [1.165, 1.54) is 14.0 Å². The van der Waals surface area contributed by atoms with Gasteiger partial charge in [-0.2, -0.15) is 0 Å². The summed E-state index contributed by atoms with van der Waals surface area (Å²) in [5.74, 6) is -5.42. The van der Waals surface area contributed by atoms with Crippen molar-refractivity contribution in [3.8, 4) is 0 Å². The predicted octanol–water partition coefficient (Wildman–Crippen LogP) is -1.49. The smallest absolute Gasteiger partial charge is 0.360 e. The highest BCUT2D eigenvalue weighted by Gasteiger charge is 2.56. The number of nitrogens with zero attached hydrogens (tertiary/aromatic N) is 3. The Balaban J connectivity index is 2.23. The van der Waals surface area contributed by atoms with E-state index in [0.717, 1.165) is 52.6 Å². The molecular formula is C29H40N4O17. The Morgan fingerprint density at radius 2 is 1.24 bits per heavy atom. The monoisotopic (exact) mass is 716 g/mol. The van der Waals surface area contributed by atoms with Crippen LogP contribution in [0.25, 0.3) is 0 Å². The molecular weight excluding hydrogens is 676 g/mol. The lowest BCUT2D eigenvalue weighted by Crippen LogP contribution is -2.68. The number of aromatic nitrogens is 3. The highest BCUT2D eigenvalue weighted by atomic mass is 16.8. The quantitative estimate of drug-likeness (QED) is 0.180. The first-order chi connectivity index (χ1) is 23.6. The van der Waals surface area contributed by atoms with Crippen LogP contribution in [0, 0.1) is 0 Å². The minimum Gasteiger partial charge on any atom is -0.464 e. The lowest BCUT2D eigenvalue weighted by Gasteiger charge is -2.49. The second kappa shape index (κ2) is 17.8. The number of carbonyl (C=O) groups is 7. The van der Waals surface area contributed by atoms with Gasteiger partial charge in [-0.25, -0.2) is 9.48 Å². The standard InChI is InChI=1S/C29H40N4O17/c1-12(34)30-21-25(46-16(5)38)24(20(11-44-14(3)36)48-28(21)42-8)50-29-26(47-17(6)39)22(33-9-18(31-32-33)27(40)41-7)23(45-15(4)37)19(49-29)10-43-13(2)35/h9,19-26,28-29H,10-11H2,1-8H3,(H,30,34)/t19-,20-,21-,22+,23+,24-,25-,26-,28-,29+/m1/s1. The molecule has 0 unspecified atom stereocenters. The number of hydrogen-bond donors (Lipinski definition) is 1. The number of hydrogen-bond acceptors (Lipinski definition) is 19. The molecule has 0 bridgehead atoms. The van der Waals surface area contributed by atoms with Gasteiger partial charge in [-0.05, 0) is 0 Å². The van der Waals surface area contributed by atoms with E-state index in [0.29, 0.717) is 0 Å². The molecule has 2 aliphatic heterocycles. The molecule has 0 aliphatic carbocycles. The van der Waals surface area contributed by atoms with Crippen molar-refractivity contribution >= 4 is 41.7 Å². The summed E-state index contributed by atoms with van der Waals surface area (Å²) in [7, 11) is 2.37. The first-order valence-electron chi connectivity index (χ1n) is 15.1.